The number of likely N-dealkylation sites (tertiary alicyclic amines) is 1. The Morgan fingerprint density at radius 3 is 3.00 bits per heavy atom. The van der Waals surface area contributed by atoms with Gasteiger partial charge in [-0.15, -0.1) is 0 Å². The highest BCUT2D eigenvalue weighted by molar-refractivity contribution is 5.93. The lowest BCUT2D eigenvalue weighted by atomic mass is 10.1. The van der Waals surface area contributed by atoms with Gasteiger partial charge in [-0.2, -0.15) is 0 Å². The van der Waals surface area contributed by atoms with Crippen molar-refractivity contribution in [2.45, 2.75) is 45.6 Å². The molecule has 0 N–H and O–H groups in total. The van der Waals surface area contributed by atoms with Crippen molar-refractivity contribution < 1.29 is 9.21 Å². The molecule has 2 heterocycles. The standard InChI is InChI=1S/C14H18N2O2/c1-4-6-13(17)16-8-5-7-12(16)14-15-11(9-18-14)10(2)3/h9-10,12H,5,7-8H2,1-3H3/t12-/m0/s1. The van der Waals surface area contributed by atoms with Crippen molar-refractivity contribution in [3.05, 3.63) is 17.8 Å². The molecular weight excluding hydrogens is 228 g/mol. The number of carbonyl (C=O) groups is 1. The number of hydrogen-bond acceptors (Lipinski definition) is 3. The van der Waals surface area contributed by atoms with Crippen LogP contribution in [-0.2, 0) is 4.79 Å². The zero-order valence-electron chi connectivity index (χ0n) is 11.1. The third kappa shape index (κ3) is 2.40. The number of carbonyl (C=O) groups excluding carboxylic acids is 1. The summed E-state index contributed by atoms with van der Waals surface area (Å²) in [6.07, 6.45) is 3.56. The lowest BCUT2D eigenvalue weighted by Crippen LogP contribution is -2.29. The van der Waals surface area contributed by atoms with Gasteiger partial charge in [0.25, 0.3) is 5.91 Å². The average Bonchev–Trinajstić information content (AvgIpc) is 2.98. The van der Waals surface area contributed by atoms with E-state index >= 15 is 0 Å². The lowest BCUT2D eigenvalue weighted by Gasteiger charge is -2.19. The van der Waals surface area contributed by atoms with Crippen molar-refractivity contribution in [1.29, 1.82) is 0 Å². The van der Waals surface area contributed by atoms with Crippen LogP contribution in [0.5, 0.6) is 0 Å². The first-order valence-electron chi connectivity index (χ1n) is 6.32. The molecule has 1 saturated heterocycles. The Morgan fingerprint density at radius 1 is 1.61 bits per heavy atom. The molecule has 0 aromatic carbocycles. The quantitative estimate of drug-likeness (QED) is 0.753. The van der Waals surface area contributed by atoms with Gasteiger partial charge in [-0.05, 0) is 31.6 Å². The number of nitrogens with zero attached hydrogens (tertiary/aromatic N) is 2. The van der Waals surface area contributed by atoms with Gasteiger partial charge >= 0.3 is 0 Å². The second-order valence-electron chi connectivity index (χ2n) is 4.80. The average molecular weight is 246 g/mol. The molecule has 1 atom stereocenters. The minimum absolute atomic E-state index is 0.0501. The molecular formula is C14H18N2O2. The first-order valence-corrected chi connectivity index (χ1v) is 6.32. The fourth-order valence-electron chi connectivity index (χ4n) is 2.16. The van der Waals surface area contributed by atoms with E-state index in [4.69, 9.17) is 4.42 Å². The van der Waals surface area contributed by atoms with Crippen LogP contribution >= 0.6 is 0 Å². The van der Waals surface area contributed by atoms with Crippen molar-refractivity contribution in [3.63, 3.8) is 0 Å². The maximum absolute atomic E-state index is 11.9. The molecule has 0 aliphatic carbocycles. The van der Waals surface area contributed by atoms with Crippen molar-refractivity contribution >= 4 is 5.91 Å². The topological polar surface area (TPSA) is 46.3 Å². The Balaban J connectivity index is 2.19. The van der Waals surface area contributed by atoms with Gasteiger partial charge in [-0.25, -0.2) is 4.98 Å². The highest BCUT2D eigenvalue weighted by Crippen LogP contribution is 2.32. The summed E-state index contributed by atoms with van der Waals surface area (Å²) in [5, 5.41) is 0. The van der Waals surface area contributed by atoms with Crippen molar-refractivity contribution in [1.82, 2.24) is 9.88 Å². The Bertz CT molecular complexity index is 493. The monoisotopic (exact) mass is 246 g/mol. The van der Waals surface area contributed by atoms with Gasteiger partial charge in [0.2, 0.25) is 5.89 Å². The van der Waals surface area contributed by atoms with E-state index in [-0.39, 0.29) is 11.9 Å². The number of hydrogen-bond donors (Lipinski definition) is 0. The first kappa shape index (κ1) is 12.7. The second kappa shape index (κ2) is 5.26. The van der Waals surface area contributed by atoms with Crippen LogP contribution in [0, 0.1) is 11.8 Å². The van der Waals surface area contributed by atoms with Gasteiger partial charge in [-0.3, -0.25) is 4.79 Å². The third-order valence-corrected chi connectivity index (χ3v) is 3.16. The van der Waals surface area contributed by atoms with Crippen molar-refractivity contribution in [2.24, 2.45) is 0 Å². The predicted molar refractivity (Wildman–Crippen MR) is 67.7 cm³/mol. The summed E-state index contributed by atoms with van der Waals surface area (Å²) >= 11 is 0. The van der Waals surface area contributed by atoms with Crippen LogP contribution in [0.4, 0.5) is 0 Å². The van der Waals surface area contributed by atoms with Gasteiger partial charge < -0.3 is 9.32 Å². The van der Waals surface area contributed by atoms with E-state index in [0.29, 0.717) is 11.8 Å². The molecule has 1 aromatic heterocycles. The molecule has 4 nitrogen and oxygen atoms in total. The molecule has 0 unspecified atom stereocenters. The lowest BCUT2D eigenvalue weighted by molar-refractivity contribution is -0.126. The Hall–Kier alpha value is -1.76. The van der Waals surface area contributed by atoms with E-state index in [0.717, 1.165) is 25.1 Å². The van der Waals surface area contributed by atoms with E-state index in [1.807, 2.05) is 0 Å². The summed E-state index contributed by atoms with van der Waals surface area (Å²) < 4.78 is 5.52. The second-order valence-corrected chi connectivity index (χ2v) is 4.80. The molecule has 96 valence electrons. The molecule has 4 heteroatoms. The van der Waals surface area contributed by atoms with Gasteiger partial charge in [0.15, 0.2) is 0 Å². The van der Waals surface area contributed by atoms with Crippen molar-refractivity contribution in [3.8, 4) is 11.8 Å². The van der Waals surface area contributed by atoms with Crippen LogP contribution in [-0.4, -0.2) is 22.3 Å². The Morgan fingerprint density at radius 2 is 2.39 bits per heavy atom. The minimum Gasteiger partial charge on any atom is -0.446 e. The SMILES string of the molecule is CC#CC(=O)N1CCC[C@H]1c1nc(C(C)C)co1. The molecule has 18 heavy (non-hydrogen) atoms. The van der Waals surface area contributed by atoms with E-state index in [1.165, 1.54) is 0 Å². The fourth-order valence-corrected chi connectivity index (χ4v) is 2.16. The van der Waals surface area contributed by atoms with E-state index in [2.05, 4.69) is 30.7 Å². The predicted octanol–water partition coefficient (Wildman–Crippen LogP) is 2.48. The summed E-state index contributed by atoms with van der Waals surface area (Å²) in [5.74, 6) is 6.07. The Kier molecular flexibility index (Phi) is 3.71. The fraction of sp³-hybridized carbons (Fsp3) is 0.571. The summed E-state index contributed by atoms with van der Waals surface area (Å²) in [7, 11) is 0. The summed E-state index contributed by atoms with van der Waals surface area (Å²) in [6, 6.07) is -0.0501. The van der Waals surface area contributed by atoms with Crippen LogP contribution in [0.1, 0.15) is 57.2 Å². The maximum atomic E-state index is 11.9. The highest BCUT2D eigenvalue weighted by Gasteiger charge is 2.32. The molecule has 1 aliphatic rings. The summed E-state index contributed by atoms with van der Waals surface area (Å²) in [4.78, 5) is 18.1. The molecule has 1 aliphatic heterocycles. The van der Waals surface area contributed by atoms with Gasteiger partial charge in [0, 0.05) is 6.54 Å². The third-order valence-electron chi connectivity index (χ3n) is 3.16. The minimum atomic E-state index is -0.135. The van der Waals surface area contributed by atoms with E-state index in [9.17, 15) is 4.79 Å². The largest absolute Gasteiger partial charge is 0.446 e. The molecule has 1 amide bonds. The van der Waals surface area contributed by atoms with Crippen LogP contribution in [0.2, 0.25) is 0 Å². The molecule has 1 aromatic rings. The Labute approximate surface area is 107 Å². The van der Waals surface area contributed by atoms with Crippen molar-refractivity contribution in [2.75, 3.05) is 6.54 Å². The molecule has 2 rings (SSSR count). The van der Waals surface area contributed by atoms with Crippen LogP contribution < -0.4 is 0 Å². The summed E-state index contributed by atoms with van der Waals surface area (Å²) in [6.45, 7) is 6.55. The summed E-state index contributed by atoms with van der Waals surface area (Å²) in [5.41, 5.74) is 0.936. The number of rotatable bonds is 2. The molecule has 1 fully saturated rings. The van der Waals surface area contributed by atoms with Gasteiger partial charge in [0.1, 0.15) is 12.3 Å². The zero-order valence-corrected chi connectivity index (χ0v) is 11.1. The van der Waals surface area contributed by atoms with Gasteiger partial charge in [-0.1, -0.05) is 19.8 Å². The number of aromatic nitrogens is 1. The number of oxazole rings is 1. The van der Waals surface area contributed by atoms with E-state index in [1.54, 1.807) is 18.1 Å². The normalized spacial score (nSPS) is 18.9. The van der Waals surface area contributed by atoms with Crippen LogP contribution in [0.15, 0.2) is 10.7 Å². The number of amides is 1. The molecule has 0 bridgehead atoms. The van der Waals surface area contributed by atoms with Crippen LogP contribution in [0.25, 0.3) is 0 Å². The smallest absolute Gasteiger partial charge is 0.299 e. The molecule has 0 radical (unpaired) electrons. The van der Waals surface area contributed by atoms with Gasteiger partial charge in [0.05, 0.1) is 5.69 Å². The first-order chi connectivity index (χ1) is 8.63. The maximum Gasteiger partial charge on any atom is 0.299 e. The van der Waals surface area contributed by atoms with Crippen LogP contribution in [0.3, 0.4) is 0 Å². The van der Waals surface area contributed by atoms with E-state index < -0.39 is 0 Å². The highest BCUT2D eigenvalue weighted by atomic mass is 16.3. The molecule has 0 spiro atoms. The zero-order chi connectivity index (χ0) is 13.1. The molecule has 0 saturated carbocycles.